The smallest absolute Gasteiger partial charge is 0.134 e. The third-order valence-electron chi connectivity index (χ3n) is 3.26. The monoisotopic (exact) mass is 309 g/mol. The molecule has 3 rings (SSSR count). The van der Waals surface area contributed by atoms with Gasteiger partial charge in [-0.1, -0.05) is 11.6 Å². The lowest BCUT2D eigenvalue weighted by atomic mass is 10.1. The van der Waals surface area contributed by atoms with Gasteiger partial charge in [-0.05, 0) is 49.2 Å². The Kier molecular flexibility index (Phi) is 3.54. The van der Waals surface area contributed by atoms with Crippen molar-refractivity contribution in [1.82, 2.24) is 5.32 Å². The van der Waals surface area contributed by atoms with Crippen LogP contribution in [0.4, 0.5) is 4.39 Å². The van der Waals surface area contributed by atoms with Crippen molar-refractivity contribution in [1.29, 1.82) is 0 Å². The summed E-state index contributed by atoms with van der Waals surface area (Å²) >= 11 is 7.91. The van der Waals surface area contributed by atoms with Crippen molar-refractivity contribution in [3.63, 3.8) is 0 Å². The summed E-state index contributed by atoms with van der Waals surface area (Å²) < 4.78 is 19.1. The molecule has 2 heterocycles. The molecule has 0 spiro atoms. The van der Waals surface area contributed by atoms with Gasteiger partial charge in [0, 0.05) is 10.3 Å². The van der Waals surface area contributed by atoms with Crippen molar-refractivity contribution in [2.24, 2.45) is 0 Å². The molecule has 0 fully saturated rings. The van der Waals surface area contributed by atoms with Crippen molar-refractivity contribution in [2.45, 2.75) is 13.0 Å². The molecule has 2 aromatic heterocycles. The molecule has 0 amide bonds. The average Bonchev–Trinajstić information content (AvgIpc) is 2.97. The second-order valence-corrected chi connectivity index (χ2v) is 5.94. The van der Waals surface area contributed by atoms with Crippen molar-refractivity contribution in [3.05, 3.63) is 56.7 Å². The summed E-state index contributed by atoms with van der Waals surface area (Å²) in [5, 5.41) is 6.73. The molecular weight excluding hydrogens is 297 g/mol. The summed E-state index contributed by atoms with van der Waals surface area (Å²) in [6.07, 6.45) is 0. The van der Waals surface area contributed by atoms with E-state index >= 15 is 0 Å². The zero-order valence-corrected chi connectivity index (χ0v) is 12.6. The molecule has 1 unspecified atom stereocenters. The fourth-order valence-corrected chi connectivity index (χ4v) is 3.64. The van der Waals surface area contributed by atoms with E-state index in [0.717, 1.165) is 26.6 Å². The van der Waals surface area contributed by atoms with Gasteiger partial charge in [-0.15, -0.1) is 11.3 Å². The number of benzene rings is 1. The molecule has 104 valence electrons. The second kappa shape index (κ2) is 5.20. The molecule has 0 saturated carbocycles. The molecule has 1 aromatic carbocycles. The minimum atomic E-state index is -0.268. The molecule has 0 radical (unpaired) electrons. The maximum atomic E-state index is 13.2. The number of fused-ring (bicyclic) bond motifs is 1. The van der Waals surface area contributed by atoms with Gasteiger partial charge in [-0.3, -0.25) is 0 Å². The van der Waals surface area contributed by atoms with E-state index in [1.165, 1.54) is 12.1 Å². The van der Waals surface area contributed by atoms with Crippen LogP contribution in [0.15, 0.2) is 34.1 Å². The Balaban J connectivity index is 2.09. The number of aryl methyl sites for hydroxylation is 1. The van der Waals surface area contributed by atoms with Crippen LogP contribution in [0, 0.1) is 12.7 Å². The van der Waals surface area contributed by atoms with Crippen molar-refractivity contribution < 1.29 is 8.81 Å². The van der Waals surface area contributed by atoms with E-state index in [2.05, 4.69) is 5.32 Å². The quantitative estimate of drug-likeness (QED) is 0.744. The Morgan fingerprint density at radius 3 is 2.80 bits per heavy atom. The first kappa shape index (κ1) is 13.6. The molecule has 3 aromatic rings. The zero-order valence-electron chi connectivity index (χ0n) is 11.0. The van der Waals surface area contributed by atoms with Crippen LogP contribution in [-0.2, 0) is 0 Å². The van der Waals surface area contributed by atoms with Crippen LogP contribution < -0.4 is 5.32 Å². The summed E-state index contributed by atoms with van der Waals surface area (Å²) in [6.45, 7) is 1.98. The molecule has 0 saturated heterocycles. The van der Waals surface area contributed by atoms with Gasteiger partial charge in [0.05, 0.1) is 5.02 Å². The van der Waals surface area contributed by atoms with Crippen molar-refractivity contribution >= 4 is 33.9 Å². The first-order valence-corrected chi connectivity index (χ1v) is 7.45. The highest BCUT2D eigenvalue weighted by Gasteiger charge is 2.22. The van der Waals surface area contributed by atoms with E-state index in [4.69, 9.17) is 16.0 Å². The first-order valence-electron chi connectivity index (χ1n) is 6.20. The van der Waals surface area contributed by atoms with Gasteiger partial charge in [0.2, 0.25) is 0 Å². The van der Waals surface area contributed by atoms with E-state index in [0.29, 0.717) is 5.58 Å². The summed E-state index contributed by atoms with van der Waals surface area (Å²) in [5.74, 6) is 0.465. The van der Waals surface area contributed by atoms with Crippen LogP contribution in [-0.4, -0.2) is 7.05 Å². The zero-order chi connectivity index (χ0) is 14.3. The Labute approximate surface area is 125 Å². The van der Waals surface area contributed by atoms with Gasteiger partial charge in [0.1, 0.15) is 23.2 Å². The maximum Gasteiger partial charge on any atom is 0.134 e. The molecular formula is C15H13ClFNOS. The van der Waals surface area contributed by atoms with Gasteiger partial charge in [0.15, 0.2) is 0 Å². The maximum absolute atomic E-state index is 13.2. The van der Waals surface area contributed by atoms with Crippen LogP contribution in [0.25, 0.3) is 11.0 Å². The normalized spacial score (nSPS) is 13.0. The van der Waals surface area contributed by atoms with Crippen LogP contribution in [0.1, 0.15) is 22.2 Å². The summed E-state index contributed by atoms with van der Waals surface area (Å²) in [7, 11) is 1.85. The van der Waals surface area contributed by atoms with Crippen molar-refractivity contribution in [3.8, 4) is 0 Å². The van der Waals surface area contributed by atoms with Crippen molar-refractivity contribution in [2.75, 3.05) is 7.05 Å². The number of rotatable bonds is 3. The lowest BCUT2D eigenvalue weighted by Crippen LogP contribution is -2.16. The van der Waals surface area contributed by atoms with Gasteiger partial charge < -0.3 is 9.73 Å². The third-order valence-corrected chi connectivity index (χ3v) is 5.04. The number of hydrogen-bond acceptors (Lipinski definition) is 3. The molecule has 1 atom stereocenters. The number of hydrogen-bond donors (Lipinski definition) is 1. The predicted molar refractivity (Wildman–Crippen MR) is 81.1 cm³/mol. The minimum Gasteiger partial charge on any atom is -0.459 e. The van der Waals surface area contributed by atoms with Crippen LogP contribution in [0.5, 0.6) is 0 Å². The predicted octanol–water partition coefficient (Wildman–Crippen LogP) is 4.90. The van der Waals surface area contributed by atoms with Gasteiger partial charge >= 0.3 is 0 Å². The lowest BCUT2D eigenvalue weighted by molar-refractivity contribution is 0.495. The van der Waals surface area contributed by atoms with E-state index in [1.54, 1.807) is 17.4 Å². The average molecular weight is 310 g/mol. The fraction of sp³-hybridized carbons (Fsp3) is 0.200. The van der Waals surface area contributed by atoms with E-state index in [9.17, 15) is 4.39 Å². The van der Waals surface area contributed by atoms with Gasteiger partial charge in [-0.2, -0.15) is 0 Å². The van der Waals surface area contributed by atoms with Crippen LogP contribution in [0.2, 0.25) is 5.02 Å². The number of nitrogens with one attached hydrogen (secondary N) is 1. The van der Waals surface area contributed by atoms with Crippen LogP contribution in [0.3, 0.4) is 0 Å². The standard InChI is InChI=1S/C15H13ClFNOS/c1-8-7-20-15(13(8)16)14(18-2)12-6-9-5-10(17)3-4-11(9)19-12/h3-7,14,18H,1-2H3. The summed E-state index contributed by atoms with van der Waals surface area (Å²) in [6, 6.07) is 6.23. The van der Waals surface area contributed by atoms with Gasteiger partial charge in [0.25, 0.3) is 0 Å². The highest BCUT2D eigenvalue weighted by Crippen LogP contribution is 2.37. The summed E-state index contributed by atoms with van der Waals surface area (Å²) in [5.41, 5.74) is 1.72. The van der Waals surface area contributed by atoms with E-state index in [1.807, 2.05) is 25.4 Å². The molecule has 1 N–H and O–H groups in total. The number of furan rings is 1. The largest absolute Gasteiger partial charge is 0.459 e. The Bertz CT molecular complexity index is 764. The molecule has 0 aliphatic heterocycles. The molecule has 0 bridgehead atoms. The molecule has 0 aliphatic rings. The molecule has 20 heavy (non-hydrogen) atoms. The molecule has 5 heteroatoms. The Morgan fingerprint density at radius 2 is 2.15 bits per heavy atom. The number of halogens is 2. The first-order chi connectivity index (χ1) is 9.60. The highest BCUT2D eigenvalue weighted by atomic mass is 35.5. The lowest BCUT2D eigenvalue weighted by Gasteiger charge is -2.12. The second-order valence-electron chi connectivity index (χ2n) is 4.65. The third kappa shape index (κ3) is 2.24. The SMILES string of the molecule is CNC(c1cc2cc(F)ccc2o1)c1scc(C)c1Cl. The number of thiophene rings is 1. The summed E-state index contributed by atoms with van der Waals surface area (Å²) in [4.78, 5) is 1.01. The van der Waals surface area contributed by atoms with E-state index < -0.39 is 0 Å². The molecule has 2 nitrogen and oxygen atoms in total. The Morgan fingerprint density at radius 1 is 1.35 bits per heavy atom. The highest BCUT2D eigenvalue weighted by molar-refractivity contribution is 7.10. The van der Waals surface area contributed by atoms with E-state index in [-0.39, 0.29) is 11.9 Å². The minimum absolute atomic E-state index is 0.128. The Hall–Kier alpha value is -1.36. The van der Waals surface area contributed by atoms with Gasteiger partial charge in [-0.25, -0.2) is 4.39 Å². The fourth-order valence-electron chi connectivity index (χ4n) is 2.22. The topological polar surface area (TPSA) is 25.2 Å². The van der Waals surface area contributed by atoms with Crippen LogP contribution >= 0.6 is 22.9 Å². The molecule has 0 aliphatic carbocycles.